The molecule has 20 heavy (non-hydrogen) atoms. The Morgan fingerprint density at radius 3 is 2.90 bits per heavy atom. The topological polar surface area (TPSA) is 99.9 Å². The molecular weight excluding hydrogens is 265 g/mol. The standard InChI is InChI=1S/C12H14FN5O2/c1-2-3-11-12(14)15-16-17(11)7-8-6-9(13)4-5-10(8)18(19)20/h4-6H,2-3,7,14H2,1H3. The molecule has 2 rings (SSSR count). The first-order valence-corrected chi connectivity index (χ1v) is 6.13. The number of aromatic nitrogens is 3. The van der Waals surface area contributed by atoms with Gasteiger partial charge in [0.05, 0.1) is 22.7 Å². The molecule has 1 aromatic carbocycles. The zero-order valence-corrected chi connectivity index (χ0v) is 10.9. The van der Waals surface area contributed by atoms with Gasteiger partial charge in [-0.25, -0.2) is 9.07 Å². The SMILES string of the molecule is CCCc1c(N)nnn1Cc1cc(F)ccc1[N+](=O)[O-]. The van der Waals surface area contributed by atoms with E-state index in [2.05, 4.69) is 10.3 Å². The molecule has 0 saturated heterocycles. The third kappa shape index (κ3) is 2.73. The van der Waals surface area contributed by atoms with Crippen molar-refractivity contribution in [3.05, 3.63) is 45.4 Å². The first-order chi connectivity index (χ1) is 9.52. The molecular formula is C12H14FN5O2. The molecule has 0 amide bonds. The highest BCUT2D eigenvalue weighted by atomic mass is 19.1. The van der Waals surface area contributed by atoms with Crippen LogP contribution in [0.15, 0.2) is 18.2 Å². The predicted octanol–water partition coefficient (Wildman–Crippen LogP) is 1.91. The van der Waals surface area contributed by atoms with Crippen LogP contribution in [-0.2, 0) is 13.0 Å². The molecule has 0 aliphatic heterocycles. The predicted molar refractivity (Wildman–Crippen MR) is 70.6 cm³/mol. The number of halogens is 1. The average molecular weight is 279 g/mol. The zero-order valence-electron chi connectivity index (χ0n) is 10.9. The molecule has 8 heteroatoms. The highest BCUT2D eigenvalue weighted by molar-refractivity contribution is 5.41. The molecule has 0 bridgehead atoms. The number of nitrogens with zero attached hydrogens (tertiary/aromatic N) is 4. The van der Waals surface area contributed by atoms with Crippen molar-refractivity contribution in [3.8, 4) is 0 Å². The molecule has 0 unspecified atom stereocenters. The van der Waals surface area contributed by atoms with Gasteiger partial charge in [0.2, 0.25) is 0 Å². The number of nitrogens with two attached hydrogens (primary N) is 1. The van der Waals surface area contributed by atoms with Crippen molar-refractivity contribution < 1.29 is 9.31 Å². The van der Waals surface area contributed by atoms with Gasteiger partial charge in [-0.2, -0.15) is 0 Å². The summed E-state index contributed by atoms with van der Waals surface area (Å²) in [7, 11) is 0. The molecule has 0 fully saturated rings. The molecule has 0 atom stereocenters. The van der Waals surface area contributed by atoms with Gasteiger partial charge >= 0.3 is 0 Å². The van der Waals surface area contributed by atoms with Gasteiger partial charge in [-0.3, -0.25) is 10.1 Å². The third-order valence-electron chi connectivity index (χ3n) is 2.91. The lowest BCUT2D eigenvalue weighted by molar-refractivity contribution is -0.385. The van der Waals surface area contributed by atoms with Crippen molar-refractivity contribution >= 4 is 11.5 Å². The number of anilines is 1. The van der Waals surface area contributed by atoms with Crippen molar-refractivity contribution in [2.75, 3.05) is 5.73 Å². The highest BCUT2D eigenvalue weighted by Gasteiger charge is 2.17. The van der Waals surface area contributed by atoms with E-state index in [1.54, 1.807) is 0 Å². The number of rotatable bonds is 5. The molecule has 0 aliphatic carbocycles. The van der Waals surface area contributed by atoms with Crippen LogP contribution in [0.2, 0.25) is 0 Å². The Hall–Kier alpha value is -2.51. The van der Waals surface area contributed by atoms with E-state index >= 15 is 0 Å². The quantitative estimate of drug-likeness (QED) is 0.665. The molecule has 1 aromatic heterocycles. The fourth-order valence-corrected chi connectivity index (χ4v) is 1.99. The maximum atomic E-state index is 13.3. The number of hydrogen-bond acceptors (Lipinski definition) is 5. The van der Waals surface area contributed by atoms with Gasteiger partial charge in [0.15, 0.2) is 5.82 Å². The number of nitro benzene ring substituents is 1. The molecule has 7 nitrogen and oxygen atoms in total. The zero-order chi connectivity index (χ0) is 14.7. The smallest absolute Gasteiger partial charge is 0.274 e. The highest BCUT2D eigenvalue weighted by Crippen LogP contribution is 2.22. The molecule has 0 saturated carbocycles. The molecule has 2 aromatic rings. The first kappa shape index (κ1) is 13.9. The lowest BCUT2D eigenvalue weighted by Gasteiger charge is -2.07. The second-order valence-corrected chi connectivity index (χ2v) is 4.36. The molecule has 0 aliphatic rings. The van der Waals surface area contributed by atoms with Gasteiger partial charge in [-0.15, -0.1) is 5.10 Å². The maximum Gasteiger partial charge on any atom is 0.274 e. The van der Waals surface area contributed by atoms with Gasteiger partial charge in [0, 0.05) is 6.07 Å². The third-order valence-corrected chi connectivity index (χ3v) is 2.91. The number of nitro groups is 1. The summed E-state index contributed by atoms with van der Waals surface area (Å²) in [5.41, 5.74) is 6.49. The van der Waals surface area contributed by atoms with Gasteiger partial charge in [0.25, 0.3) is 5.69 Å². The minimum Gasteiger partial charge on any atom is -0.381 e. The summed E-state index contributed by atoms with van der Waals surface area (Å²) in [4.78, 5) is 10.4. The van der Waals surface area contributed by atoms with Gasteiger partial charge in [0.1, 0.15) is 5.82 Å². The molecule has 106 valence electrons. The van der Waals surface area contributed by atoms with E-state index < -0.39 is 10.7 Å². The normalized spacial score (nSPS) is 10.7. The second-order valence-electron chi connectivity index (χ2n) is 4.36. The molecule has 1 heterocycles. The number of benzene rings is 1. The summed E-state index contributed by atoms with van der Waals surface area (Å²) in [5, 5.41) is 18.6. The molecule has 0 spiro atoms. The van der Waals surface area contributed by atoms with Crippen LogP contribution in [-0.4, -0.2) is 19.9 Å². The average Bonchev–Trinajstić information content (AvgIpc) is 2.72. The van der Waals surface area contributed by atoms with Gasteiger partial charge < -0.3 is 5.73 Å². The number of nitrogen functional groups attached to an aromatic ring is 1. The Bertz CT molecular complexity index is 641. The van der Waals surface area contributed by atoms with Crippen LogP contribution in [0, 0.1) is 15.9 Å². The second kappa shape index (κ2) is 5.64. The Morgan fingerprint density at radius 2 is 2.25 bits per heavy atom. The largest absolute Gasteiger partial charge is 0.381 e. The summed E-state index contributed by atoms with van der Waals surface area (Å²) < 4.78 is 14.7. The van der Waals surface area contributed by atoms with E-state index in [1.807, 2.05) is 6.92 Å². The summed E-state index contributed by atoms with van der Waals surface area (Å²) in [5.74, 6) is -0.235. The van der Waals surface area contributed by atoms with Crippen molar-refractivity contribution in [1.29, 1.82) is 0 Å². The Labute approximate surface area is 114 Å². The van der Waals surface area contributed by atoms with Crippen molar-refractivity contribution in [1.82, 2.24) is 15.0 Å². The van der Waals surface area contributed by atoms with Crippen molar-refractivity contribution in [3.63, 3.8) is 0 Å². The number of hydrogen-bond donors (Lipinski definition) is 1. The monoisotopic (exact) mass is 279 g/mol. The lowest BCUT2D eigenvalue weighted by Crippen LogP contribution is -2.09. The van der Waals surface area contributed by atoms with Crippen LogP contribution in [0.3, 0.4) is 0 Å². The fraction of sp³-hybridized carbons (Fsp3) is 0.333. The van der Waals surface area contributed by atoms with Gasteiger partial charge in [-0.1, -0.05) is 18.6 Å². The minimum atomic E-state index is -0.547. The lowest BCUT2D eigenvalue weighted by atomic mass is 10.1. The fourth-order valence-electron chi connectivity index (χ4n) is 1.99. The first-order valence-electron chi connectivity index (χ1n) is 6.13. The Morgan fingerprint density at radius 1 is 1.50 bits per heavy atom. The summed E-state index contributed by atoms with van der Waals surface area (Å²) >= 11 is 0. The van der Waals surface area contributed by atoms with Crippen LogP contribution in [0.5, 0.6) is 0 Å². The van der Waals surface area contributed by atoms with Crippen LogP contribution in [0.1, 0.15) is 24.6 Å². The van der Waals surface area contributed by atoms with E-state index in [0.29, 0.717) is 17.9 Å². The van der Waals surface area contributed by atoms with Crippen molar-refractivity contribution in [2.24, 2.45) is 0 Å². The van der Waals surface area contributed by atoms with E-state index in [-0.39, 0.29) is 17.8 Å². The summed E-state index contributed by atoms with van der Waals surface area (Å²) in [6, 6.07) is 3.33. The van der Waals surface area contributed by atoms with Crippen LogP contribution < -0.4 is 5.73 Å². The Kier molecular flexibility index (Phi) is 3.92. The molecule has 2 N–H and O–H groups in total. The van der Waals surface area contributed by atoms with Crippen LogP contribution in [0.25, 0.3) is 0 Å². The van der Waals surface area contributed by atoms with E-state index in [9.17, 15) is 14.5 Å². The summed E-state index contributed by atoms with van der Waals surface area (Å²) in [6.45, 7) is 2.04. The Balaban J connectivity index is 2.39. The minimum absolute atomic E-state index is 0.0631. The van der Waals surface area contributed by atoms with Crippen LogP contribution in [0.4, 0.5) is 15.9 Å². The van der Waals surface area contributed by atoms with Crippen molar-refractivity contribution in [2.45, 2.75) is 26.3 Å². The van der Waals surface area contributed by atoms with E-state index in [0.717, 1.165) is 24.6 Å². The van der Waals surface area contributed by atoms with Crippen LogP contribution >= 0.6 is 0 Å². The summed E-state index contributed by atoms with van der Waals surface area (Å²) in [6.07, 6.45) is 1.49. The van der Waals surface area contributed by atoms with Gasteiger partial charge in [-0.05, 0) is 18.6 Å². The van der Waals surface area contributed by atoms with E-state index in [1.165, 1.54) is 4.68 Å². The molecule has 0 radical (unpaired) electrons. The van der Waals surface area contributed by atoms with E-state index in [4.69, 9.17) is 5.73 Å². The maximum absolute atomic E-state index is 13.3.